The molecule has 0 unspecified atom stereocenters. The van der Waals surface area contributed by atoms with Gasteiger partial charge in [-0.05, 0) is 24.6 Å². The van der Waals surface area contributed by atoms with Gasteiger partial charge in [0.05, 0.1) is 29.5 Å². The van der Waals surface area contributed by atoms with Crippen molar-refractivity contribution in [2.24, 2.45) is 4.99 Å². The summed E-state index contributed by atoms with van der Waals surface area (Å²) >= 11 is 6.31. The molecule has 1 aliphatic rings. The van der Waals surface area contributed by atoms with Crippen LogP contribution in [0.5, 0.6) is 5.88 Å². The Labute approximate surface area is 180 Å². The van der Waals surface area contributed by atoms with Gasteiger partial charge in [-0.2, -0.15) is 0 Å². The summed E-state index contributed by atoms with van der Waals surface area (Å²) in [5.41, 5.74) is 0.631. The van der Waals surface area contributed by atoms with Gasteiger partial charge in [0.2, 0.25) is 5.88 Å². The predicted molar refractivity (Wildman–Crippen MR) is 121 cm³/mol. The number of hydrogen-bond acceptors (Lipinski definition) is 5. The van der Waals surface area contributed by atoms with Crippen LogP contribution in [0.1, 0.15) is 12.0 Å². The van der Waals surface area contributed by atoms with Gasteiger partial charge in [0, 0.05) is 43.2 Å². The molecule has 30 heavy (non-hydrogen) atoms. The first-order valence-corrected chi connectivity index (χ1v) is 10.5. The number of pyridine rings is 1. The molecule has 0 atom stereocenters. The van der Waals surface area contributed by atoms with E-state index in [0.29, 0.717) is 33.6 Å². The smallest absolute Gasteiger partial charge is 0.265 e. The van der Waals surface area contributed by atoms with Gasteiger partial charge in [-0.1, -0.05) is 41.9 Å². The monoisotopic (exact) mass is 425 g/mol. The fraction of sp³-hybridized carbons (Fsp3) is 0.304. The number of para-hydroxylation sites is 1. The number of aliphatic imine (C=N–C) groups is 1. The van der Waals surface area contributed by atoms with Crippen molar-refractivity contribution in [3.8, 4) is 11.6 Å². The summed E-state index contributed by atoms with van der Waals surface area (Å²) in [5.74, 6) is -0.163. The van der Waals surface area contributed by atoms with Crippen LogP contribution in [-0.2, 0) is 4.74 Å². The summed E-state index contributed by atoms with van der Waals surface area (Å²) in [4.78, 5) is 20.0. The highest BCUT2D eigenvalue weighted by Crippen LogP contribution is 2.28. The molecule has 0 saturated carbocycles. The standard InChI is InChI=1S/C23H24ClN3O3/c24-20-8-3-4-9-21(20)27-22(28)18-7-2-1-6-17(18)19(23(27)29)16-25-10-5-11-26-12-14-30-15-13-26/h1-4,6-9,16,29H,5,10-15H2. The molecule has 156 valence electrons. The third-order valence-corrected chi connectivity index (χ3v) is 5.60. The number of benzene rings is 2. The van der Waals surface area contributed by atoms with Crippen LogP contribution < -0.4 is 5.56 Å². The van der Waals surface area contributed by atoms with Gasteiger partial charge in [-0.25, -0.2) is 4.57 Å². The Morgan fingerprint density at radius 2 is 1.77 bits per heavy atom. The average molecular weight is 426 g/mol. The Balaban J connectivity index is 1.65. The van der Waals surface area contributed by atoms with E-state index >= 15 is 0 Å². The van der Waals surface area contributed by atoms with E-state index < -0.39 is 0 Å². The summed E-state index contributed by atoms with van der Waals surface area (Å²) in [7, 11) is 0. The maximum atomic E-state index is 13.1. The van der Waals surface area contributed by atoms with E-state index in [2.05, 4.69) is 9.89 Å². The summed E-state index contributed by atoms with van der Waals surface area (Å²) in [6.07, 6.45) is 2.57. The molecule has 1 N–H and O–H groups in total. The lowest BCUT2D eigenvalue weighted by molar-refractivity contribution is 0.0377. The first kappa shape index (κ1) is 20.6. The van der Waals surface area contributed by atoms with Crippen molar-refractivity contribution in [2.45, 2.75) is 6.42 Å². The summed E-state index contributed by atoms with van der Waals surface area (Å²) in [6, 6.07) is 14.2. The highest BCUT2D eigenvalue weighted by atomic mass is 35.5. The van der Waals surface area contributed by atoms with Crippen molar-refractivity contribution in [2.75, 3.05) is 39.4 Å². The SMILES string of the molecule is O=c1c2ccccc2c(C=NCCCN2CCOCC2)c(O)n1-c1ccccc1Cl. The van der Waals surface area contributed by atoms with Crippen LogP contribution in [0.4, 0.5) is 0 Å². The van der Waals surface area contributed by atoms with Crippen molar-refractivity contribution < 1.29 is 9.84 Å². The molecule has 0 radical (unpaired) electrons. The Bertz CT molecular complexity index is 1120. The van der Waals surface area contributed by atoms with Crippen LogP contribution >= 0.6 is 11.6 Å². The van der Waals surface area contributed by atoms with Crippen LogP contribution in [0.2, 0.25) is 5.02 Å². The van der Waals surface area contributed by atoms with Crippen molar-refractivity contribution in [3.05, 3.63) is 69.5 Å². The molecular weight excluding hydrogens is 402 g/mol. The van der Waals surface area contributed by atoms with Crippen molar-refractivity contribution in [1.82, 2.24) is 9.47 Å². The van der Waals surface area contributed by atoms with Gasteiger partial charge in [-0.15, -0.1) is 0 Å². The van der Waals surface area contributed by atoms with Gasteiger partial charge < -0.3 is 9.84 Å². The van der Waals surface area contributed by atoms with Gasteiger partial charge in [0.15, 0.2) is 0 Å². The van der Waals surface area contributed by atoms with Crippen LogP contribution in [0.3, 0.4) is 0 Å². The quantitative estimate of drug-likeness (QED) is 0.485. The average Bonchev–Trinajstić information content (AvgIpc) is 2.77. The number of halogens is 1. The minimum atomic E-state index is -0.319. The van der Waals surface area contributed by atoms with Gasteiger partial charge in [0.1, 0.15) is 0 Å². The zero-order valence-corrected chi connectivity index (χ0v) is 17.4. The van der Waals surface area contributed by atoms with Gasteiger partial charge in [-0.3, -0.25) is 14.7 Å². The number of aromatic hydroxyl groups is 1. The van der Waals surface area contributed by atoms with Crippen LogP contribution in [0, 0.1) is 0 Å². The topological polar surface area (TPSA) is 67.1 Å². The van der Waals surface area contributed by atoms with E-state index in [1.807, 2.05) is 12.1 Å². The summed E-state index contributed by atoms with van der Waals surface area (Å²) < 4.78 is 6.62. The first-order chi connectivity index (χ1) is 14.7. The fourth-order valence-electron chi connectivity index (χ4n) is 3.71. The summed E-state index contributed by atoms with van der Waals surface area (Å²) in [6.45, 7) is 5.08. The molecule has 1 aromatic heterocycles. The van der Waals surface area contributed by atoms with E-state index in [1.165, 1.54) is 4.57 Å². The maximum Gasteiger partial charge on any atom is 0.265 e. The molecule has 3 aromatic rings. The highest BCUT2D eigenvalue weighted by Gasteiger charge is 2.17. The Morgan fingerprint density at radius 3 is 2.53 bits per heavy atom. The van der Waals surface area contributed by atoms with E-state index in [0.717, 1.165) is 39.3 Å². The maximum absolute atomic E-state index is 13.1. The number of fused-ring (bicyclic) bond motifs is 1. The molecule has 7 heteroatoms. The first-order valence-electron chi connectivity index (χ1n) is 10.1. The Morgan fingerprint density at radius 1 is 1.07 bits per heavy atom. The van der Waals surface area contributed by atoms with E-state index in [4.69, 9.17) is 16.3 Å². The van der Waals surface area contributed by atoms with Gasteiger partial charge in [0.25, 0.3) is 5.56 Å². The highest BCUT2D eigenvalue weighted by molar-refractivity contribution is 6.32. The molecule has 0 spiro atoms. The molecule has 0 aliphatic carbocycles. The lowest BCUT2D eigenvalue weighted by Gasteiger charge is -2.26. The second-order valence-electron chi connectivity index (χ2n) is 7.22. The van der Waals surface area contributed by atoms with E-state index in [1.54, 1.807) is 42.6 Å². The molecule has 2 aromatic carbocycles. The number of ether oxygens (including phenoxy) is 1. The molecular formula is C23H24ClN3O3. The zero-order valence-electron chi connectivity index (χ0n) is 16.6. The normalized spacial score (nSPS) is 15.2. The van der Waals surface area contributed by atoms with Crippen molar-refractivity contribution >= 4 is 28.6 Å². The third kappa shape index (κ3) is 4.26. The van der Waals surface area contributed by atoms with Crippen LogP contribution in [0.15, 0.2) is 58.3 Å². The Hall–Kier alpha value is -2.67. The fourth-order valence-corrected chi connectivity index (χ4v) is 3.93. The minimum absolute atomic E-state index is 0.163. The second-order valence-corrected chi connectivity index (χ2v) is 7.62. The second kappa shape index (κ2) is 9.43. The molecule has 6 nitrogen and oxygen atoms in total. The molecule has 1 fully saturated rings. The summed E-state index contributed by atoms with van der Waals surface area (Å²) in [5, 5.41) is 12.6. The van der Waals surface area contributed by atoms with Crippen LogP contribution in [-0.4, -0.2) is 60.2 Å². The van der Waals surface area contributed by atoms with Crippen molar-refractivity contribution in [1.29, 1.82) is 0 Å². The van der Waals surface area contributed by atoms with E-state index in [9.17, 15) is 9.90 Å². The number of nitrogens with zero attached hydrogens (tertiary/aromatic N) is 3. The largest absolute Gasteiger partial charge is 0.494 e. The van der Waals surface area contributed by atoms with Gasteiger partial charge >= 0.3 is 0 Å². The zero-order chi connectivity index (χ0) is 20.9. The molecule has 1 aliphatic heterocycles. The lowest BCUT2D eigenvalue weighted by Crippen LogP contribution is -2.37. The molecule has 1 saturated heterocycles. The molecule has 0 bridgehead atoms. The number of rotatable bonds is 6. The third-order valence-electron chi connectivity index (χ3n) is 5.28. The minimum Gasteiger partial charge on any atom is -0.494 e. The lowest BCUT2D eigenvalue weighted by atomic mass is 10.1. The van der Waals surface area contributed by atoms with Crippen LogP contribution in [0.25, 0.3) is 16.5 Å². The number of aromatic nitrogens is 1. The number of morpholine rings is 1. The predicted octanol–water partition coefficient (Wildman–Crippen LogP) is 3.49. The molecule has 2 heterocycles. The molecule has 4 rings (SSSR count). The number of hydrogen-bond donors (Lipinski definition) is 1. The van der Waals surface area contributed by atoms with Crippen molar-refractivity contribution in [3.63, 3.8) is 0 Å². The Kier molecular flexibility index (Phi) is 6.47. The molecule has 0 amide bonds. The van der Waals surface area contributed by atoms with E-state index in [-0.39, 0.29) is 11.4 Å².